The lowest BCUT2D eigenvalue weighted by Crippen LogP contribution is -1.79. The summed E-state index contributed by atoms with van der Waals surface area (Å²) in [5.74, 6) is 0.0463. The van der Waals surface area contributed by atoms with E-state index in [1.165, 1.54) is 13.0 Å². The molecule has 0 saturated carbocycles. The minimum Gasteiger partial charge on any atom is -0.295 e. The van der Waals surface area contributed by atoms with Gasteiger partial charge in [0.2, 0.25) is 0 Å². The van der Waals surface area contributed by atoms with Gasteiger partial charge in [-0.25, -0.2) is 0 Å². The summed E-state index contributed by atoms with van der Waals surface area (Å²) in [5.41, 5.74) is 0.981. The zero-order valence-electron chi connectivity index (χ0n) is 6.75. The molecule has 0 aliphatic rings. The van der Waals surface area contributed by atoms with Gasteiger partial charge in [0.25, 0.3) is 0 Å². The first-order chi connectivity index (χ1) is 5.68. The van der Waals surface area contributed by atoms with Crippen molar-refractivity contribution in [2.45, 2.75) is 6.92 Å². The van der Waals surface area contributed by atoms with Crippen molar-refractivity contribution in [2.75, 3.05) is 0 Å². The molecular formula is C10H9ClO. The van der Waals surface area contributed by atoms with Crippen molar-refractivity contribution in [1.82, 2.24) is 0 Å². The third kappa shape index (κ3) is 2.89. The minimum atomic E-state index is 0.0463. The third-order valence-electron chi connectivity index (χ3n) is 1.38. The summed E-state index contributed by atoms with van der Waals surface area (Å²) in [6.45, 7) is 1.52. The Morgan fingerprint density at radius 2 is 1.92 bits per heavy atom. The average molecular weight is 181 g/mol. The molecule has 0 heterocycles. The van der Waals surface area contributed by atoms with Crippen LogP contribution in [0.3, 0.4) is 0 Å². The van der Waals surface area contributed by atoms with E-state index in [4.69, 9.17) is 11.6 Å². The maximum atomic E-state index is 10.6. The summed E-state index contributed by atoms with van der Waals surface area (Å²) in [7, 11) is 0. The van der Waals surface area contributed by atoms with Crippen LogP contribution in [0.25, 0.3) is 6.08 Å². The molecule has 0 fully saturated rings. The maximum absolute atomic E-state index is 10.6. The van der Waals surface area contributed by atoms with Crippen LogP contribution >= 0.6 is 11.6 Å². The van der Waals surface area contributed by atoms with Gasteiger partial charge in [0.15, 0.2) is 5.78 Å². The molecule has 2 heteroatoms. The summed E-state index contributed by atoms with van der Waals surface area (Å²) >= 11 is 5.68. The number of carbonyl (C=O) groups excluding carboxylic acids is 1. The van der Waals surface area contributed by atoms with E-state index in [2.05, 4.69) is 0 Å². The largest absolute Gasteiger partial charge is 0.295 e. The Morgan fingerprint density at radius 3 is 2.42 bits per heavy atom. The Hall–Kier alpha value is -1.08. The van der Waals surface area contributed by atoms with Crippen LogP contribution in [-0.2, 0) is 4.79 Å². The Morgan fingerprint density at radius 1 is 1.33 bits per heavy atom. The predicted octanol–water partition coefficient (Wildman–Crippen LogP) is 2.94. The van der Waals surface area contributed by atoms with Crippen molar-refractivity contribution < 1.29 is 4.79 Å². The van der Waals surface area contributed by atoms with Crippen molar-refractivity contribution in [2.24, 2.45) is 0 Å². The van der Waals surface area contributed by atoms with Gasteiger partial charge in [-0.2, -0.15) is 0 Å². The lowest BCUT2D eigenvalue weighted by Gasteiger charge is -1.91. The highest BCUT2D eigenvalue weighted by molar-refractivity contribution is 6.30. The topological polar surface area (TPSA) is 17.1 Å². The van der Waals surface area contributed by atoms with Crippen LogP contribution in [-0.4, -0.2) is 5.78 Å². The molecule has 12 heavy (non-hydrogen) atoms. The molecule has 0 unspecified atom stereocenters. The van der Waals surface area contributed by atoms with E-state index >= 15 is 0 Å². The monoisotopic (exact) mass is 180 g/mol. The first-order valence-corrected chi connectivity index (χ1v) is 4.00. The number of carbonyl (C=O) groups is 1. The molecule has 62 valence electrons. The summed E-state index contributed by atoms with van der Waals surface area (Å²) in [5, 5.41) is 0.704. The zero-order chi connectivity index (χ0) is 8.97. The second-order valence-electron chi connectivity index (χ2n) is 2.50. The highest BCUT2D eigenvalue weighted by Gasteiger charge is 1.87. The first kappa shape index (κ1) is 9.01. The van der Waals surface area contributed by atoms with Gasteiger partial charge in [0, 0.05) is 5.02 Å². The number of benzene rings is 1. The first-order valence-electron chi connectivity index (χ1n) is 3.63. The summed E-state index contributed by atoms with van der Waals surface area (Å²) in [4.78, 5) is 10.6. The number of halogens is 1. The highest BCUT2D eigenvalue weighted by Crippen LogP contribution is 2.10. The normalized spacial score (nSPS) is 10.5. The number of ketones is 1. The van der Waals surface area contributed by atoms with Gasteiger partial charge in [-0.05, 0) is 30.7 Å². The molecule has 0 amide bonds. The van der Waals surface area contributed by atoms with Crippen LogP contribution in [0.1, 0.15) is 12.5 Å². The molecule has 0 aliphatic carbocycles. The molecule has 1 nitrogen and oxygen atoms in total. The van der Waals surface area contributed by atoms with Gasteiger partial charge in [-0.3, -0.25) is 4.79 Å². The summed E-state index contributed by atoms with van der Waals surface area (Å²) in [6, 6.07) is 7.31. The molecular weight excluding hydrogens is 172 g/mol. The molecule has 0 atom stereocenters. The Bertz CT molecular complexity index is 298. The van der Waals surface area contributed by atoms with Crippen LogP contribution < -0.4 is 0 Å². The fourth-order valence-electron chi connectivity index (χ4n) is 0.787. The van der Waals surface area contributed by atoms with Gasteiger partial charge in [-0.1, -0.05) is 29.8 Å². The van der Waals surface area contributed by atoms with E-state index in [1.54, 1.807) is 18.2 Å². The Balaban J connectivity index is 2.77. The van der Waals surface area contributed by atoms with Gasteiger partial charge in [0.05, 0.1) is 0 Å². The van der Waals surface area contributed by atoms with Crippen molar-refractivity contribution >= 4 is 23.5 Å². The maximum Gasteiger partial charge on any atom is 0.152 e. The van der Waals surface area contributed by atoms with Crippen LogP contribution in [0.2, 0.25) is 5.02 Å². The molecule has 0 aromatic heterocycles. The molecule has 1 aromatic carbocycles. The van der Waals surface area contributed by atoms with Crippen LogP contribution in [0.15, 0.2) is 30.3 Å². The standard InChI is InChI=1S/C10H9ClO/c1-8(12)2-3-9-4-6-10(11)7-5-9/h2-7H,1H3/b3-2+. The number of hydrogen-bond donors (Lipinski definition) is 0. The van der Waals surface area contributed by atoms with Crippen molar-refractivity contribution in [3.8, 4) is 0 Å². The van der Waals surface area contributed by atoms with Crippen LogP contribution in [0, 0.1) is 0 Å². The predicted molar refractivity (Wildman–Crippen MR) is 51.2 cm³/mol. The molecule has 0 saturated heterocycles. The number of rotatable bonds is 2. The van der Waals surface area contributed by atoms with Gasteiger partial charge in [0.1, 0.15) is 0 Å². The van der Waals surface area contributed by atoms with Crippen molar-refractivity contribution in [1.29, 1.82) is 0 Å². The second kappa shape index (κ2) is 4.07. The minimum absolute atomic E-state index is 0.0463. The van der Waals surface area contributed by atoms with Gasteiger partial charge >= 0.3 is 0 Å². The van der Waals surface area contributed by atoms with Crippen molar-refractivity contribution in [3.05, 3.63) is 40.9 Å². The second-order valence-corrected chi connectivity index (χ2v) is 2.93. The zero-order valence-corrected chi connectivity index (χ0v) is 7.51. The van der Waals surface area contributed by atoms with E-state index in [1.807, 2.05) is 12.1 Å². The molecule has 0 bridgehead atoms. The molecule has 0 radical (unpaired) electrons. The quantitative estimate of drug-likeness (QED) is 0.640. The lowest BCUT2D eigenvalue weighted by atomic mass is 10.2. The fourth-order valence-corrected chi connectivity index (χ4v) is 0.913. The summed E-state index contributed by atoms with van der Waals surface area (Å²) in [6.07, 6.45) is 3.29. The Labute approximate surface area is 76.7 Å². The molecule has 0 N–H and O–H groups in total. The fraction of sp³-hybridized carbons (Fsp3) is 0.100. The van der Waals surface area contributed by atoms with E-state index in [9.17, 15) is 4.79 Å². The average Bonchev–Trinajstić information content (AvgIpc) is 2.03. The lowest BCUT2D eigenvalue weighted by molar-refractivity contribution is -0.112. The Kier molecular flexibility index (Phi) is 3.06. The SMILES string of the molecule is CC(=O)/C=C/c1ccc(Cl)cc1. The van der Waals surface area contributed by atoms with E-state index in [0.29, 0.717) is 5.02 Å². The number of hydrogen-bond acceptors (Lipinski definition) is 1. The van der Waals surface area contributed by atoms with Crippen molar-refractivity contribution in [3.63, 3.8) is 0 Å². The smallest absolute Gasteiger partial charge is 0.152 e. The summed E-state index contributed by atoms with van der Waals surface area (Å²) < 4.78 is 0. The van der Waals surface area contributed by atoms with E-state index in [0.717, 1.165) is 5.56 Å². The van der Waals surface area contributed by atoms with Gasteiger partial charge in [-0.15, -0.1) is 0 Å². The van der Waals surface area contributed by atoms with E-state index < -0.39 is 0 Å². The highest BCUT2D eigenvalue weighted by atomic mass is 35.5. The molecule has 1 aromatic rings. The molecule has 0 spiro atoms. The third-order valence-corrected chi connectivity index (χ3v) is 1.63. The number of allylic oxidation sites excluding steroid dienone is 1. The van der Waals surface area contributed by atoms with Gasteiger partial charge < -0.3 is 0 Å². The van der Waals surface area contributed by atoms with Crippen LogP contribution in [0.5, 0.6) is 0 Å². The van der Waals surface area contributed by atoms with E-state index in [-0.39, 0.29) is 5.78 Å². The van der Waals surface area contributed by atoms with Crippen LogP contribution in [0.4, 0.5) is 0 Å². The molecule has 0 aliphatic heterocycles. The molecule has 1 rings (SSSR count).